The van der Waals surface area contributed by atoms with E-state index in [9.17, 15) is 13.6 Å². The fraction of sp³-hybridized carbons (Fsp3) is 0. The van der Waals surface area contributed by atoms with Crippen LogP contribution in [0.15, 0.2) is 42.5 Å². The number of hydrogen-bond donors (Lipinski definition) is 1. The highest BCUT2D eigenvalue weighted by Crippen LogP contribution is 2.15. The van der Waals surface area contributed by atoms with Gasteiger partial charge in [-0.15, -0.1) is 0 Å². The molecule has 18 heavy (non-hydrogen) atoms. The summed E-state index contributed by atoms with van der Waals surface area (Å²) < 4.78 is 25.7. The number of anilines is 1. The topological polar surface area (TPSA) is 29.1 Å². The number of hydrogen-bond acceptors (Lipinski definition) is 1. The van der Waals surface area contributed by atoms with Crippen LogP contribution < -0.4 is 5.32 Å². The van der Waals surface area contributed by atoms with E-state index in [1.165, 1.54) is 6.07 Å². The van der Waals surface area contributed by atoms with Crippen LogP contribution in [-0.4, -0.2) is 5.91 Å². The van der Waals surface area contributed by atoms with Gasteiger partial charge in [0, 0.05) is 16.3 Å². The molecule has 1 amide bonds. The molecule has 2 aromatic rings. The maximum absolute atomic E-state index is 13.0. The summed E-state index contributed by atoms with van der Waals surface area (Å²) in [6.45, 7) is 0. The molecule has 92 valence electrons. The van der Waals surface area contributed by atoms with E-state index < -0.39 is 17.5 Å². The molecule has 2 nitrogen and oxygen atoms in total. The smallest absolute Gasteiger partial charge is 0.255 e. The molecule has 0 aliphatic heterocycles. The summed E-state index contributed by atoms with van der Waals surface area (Å²) in [5, 5.41) is 3.09. The lowest BCUT2D eigenvalue weighted by Crippen LogP contribution is -2.12. The molecule has 2 rings (SSSR count). The summed E-state index contributed by atoms with van der Waals surface area (Å²) in [7, 11) is 0. The Kier molecular flexibility index (Phi) is 3.58. The lowest BCUT2D eigenvalue weighted by atomic mass is 10.2. The number of halogens is 3. The molecule has 0 aliphatic rings. The second-order valence-electron chi connectivity index (χ2n) is 3.59. The van der Waals surface area contributed by atoms with Crippen LogP contribution in [0.2, 0.25) is 5.02 Å². The lowest BCUT2D eigenvalue weighted by Gasteiger charge is -2.05. The van der Waals surface area contributed by atoms with Crippen molar-refractivity contribution in [2.45, 2.75) is 0 Å². The third-order valence-electron chi connectivity index (χ3n) is 2.28. The molecule has 1 N–H and O–H groups in total. The van der Waals surface area contributed by atoms with E-state index in [1.54, 1.807) is 24.3 Å². The Bertz CT molecular complexity index is 584. The molecule has 0 unspecified atom stereocenters. The van der Waals surface area contributed by atoms with Gasteiger partial charge in [-0.1, -0.05) is 11.6 Å². The van der Waals surface area contributed by atoms with E-state index in [2.05, 4.69) is 5.32 Å². The minimum atomic E-state index is -1.06. The summed E-state index contributed by atoms with van der Waals surface area (Å²) >= 11 is 5.70. The highest BCUT2D eigenvalue weighted by atomic mass is 35.5. The predicted molar refractivity (Wildman–Crippen MR) is 65.8 cm³/mol. The molecule has 0 aliphatic carbocycles. The van der Waals surface area contributed by atoms with E-state index in [0.717, 1.165) is 12.1 Å². The molecular weight excluding hydrogens is 260 g/mol. The zero-order chi connectivity index (χ0) is 13.1. The molecular formula is C13H8ClF2NO. The summed E-state index contributed by atoms with van der Waals surface area (Å²) in [6.07, 6.45) is 0. The zero-order valence-electron chi connectivity index (χ0n) is 9.08. The highest BCUT2D eigenvalue weighted by molar-refractivity contribution is 6.30. The first-order valence-corrected chi connectivity index (χ1v) is 5.46. The van der Waals surface area contributed by atoms with E-state index in [1.807, 2.05) is 0 Å². The van der Waals surface area contributed by atoms with Gasteiger partial charge in [0.1, 0.15) is 0 Å². The van der Waals surface area contributed by atoms with E-state index >= 15 is 0 Å². The number of amides is 1. The van der Waals surface area contributed by atoms with Crippen molar-refractivity contribution >= 4 is 23.2 Å². The van der Waals surface area contributed by atoms with Gasteiger partial charge >= 0.3 is 0 Å². The summed E-state index contributed by atoms with van der Waals surface area (Å²) in [6, 6.07) is 9.42. The van der Waals surface area contributed by atoms with Gasteiger partial charge in [-0.05, 0) is 42.5 Å². The van der Waals surface area contributed by atoms with Crippen molar-refractivity contribution in [2.75, 3.05) is 5.32 Å². The standard InChI is InChI=1S/C13H8ClF2NO/c14-9-2-4-10(5-3-9)17-13(18)8-1-6-11(15)12(16)7-8/h1-7H,(H,17,18). The number of carbonyl (C=O) groups excluding carboxylic acids is 1. The van der Waals surface area contributed by atoms with Gasteiger partial charge in [0.25, 0.3) is 5.91 Å². The van der Waals surface area contributed by atoms with Crippen LogP contribution in [0.25, 0.3) is 0 Å². The minimum absolute atomic E-state index is 0.0452. The van der Waals surface area contributed by atoms with Crippen LogP contribution in [0.5, 0.6) is 0 Å². The number of nitrogens with one attached hydrogen (secondary N) is 1. The van der Waals surface area contributed by atoms with E-state index in [-0.39, 0.29) is 5.56 Å². The zero-order valence-corrected chi connectivity index (χ0v) is 9.84. The van der Waals surface area contributed by atoms with Gasteiger partial charge in [-0.2, -0.15) is 0 Å². The molecule has 0 spiro atoms. The summed E-state index contributed by atoms with van der Waals surface area (Å²) in [5.74, 6) is -2.56. The lowest BCUT2D eigenvalue weighted by molar-refractivity contribution is 0.102. The largest absolute Gasteiger partial charge is 0.322 e. The van der Waals surface area contributed by atoms with Crippen molar-refractivity contribution in [1.29, 1.82) is 0 Å². The molecule has 0 bridgehead atoms. The Morgan fingerprint density at radius 3 is 2.28 bits per heavy atom. The van der Waals surface area contributed by atoms with E-state index in [4.69, 9.17) is 11.6 Å². The monoisotopic (exact) mass is 267 g/mol. The maximum Gasteiger partial charge on any atom is 0.255 e. The van der Waals surface area contributed by atoms with Gasteiger partial charge in [-0.25, -0.2) is 8.78 Å². The molecule has 0 fully saturated rings. The third-order valence-corrected chi connectivity index (χ3v) is 2.54. The normalized spacial score (nSPS) is 10.2. The van der Waals surface area contributed by atoms with Gasteiger partial charge in [0.2, 0.25) is 0 Å². The Labute approximate surface area is 107 Å². The molecule has 2 aromatic carbocycles. The van der Waals surface area contributed by atoms with Crippen molar-refractivity contribution in [3.05, 3.63) is 64.7 Å². The molecule has 0 saturated heterocycles. The Hall–Kier alpha value is -1.94. The average molecular weight is 268 g/mol. The Morgan fingerprint density at radius 1 is 1.00 bits per heavy atom. The summed E-state index contributed by atoms with van der Waals surface area (Å²) in [5.41, 5.74) is 0.568. The van der Waals surface area contributed by atoms with Crippen LogP contribution >= 0.6 is 11.6 Å². The predicted octanol–water partition coefficient (Wildman–Crippen LogP) is 3.87. The van der Waals surface area contributed by atoms with Gasteiger partial charge in [0.05, 0.1) is 0 Å². The number of carbonyl (C=O) groups is 1. The highest BCUT2D eigenvalue weighted by Gasteiger charge is 2.09. The quantitative estimate of drug-likeness (QED) is 0.879. The Morgan fingerprint density at radius 2 is 1.67 bits per heavy atom. The average Bonchev–Trinajstić information content (AvgIpc) is 2.35. The van der Waals surface area contributed by atoms with Crippen molar-refractivity contribution < 1.29 is 13.6 Å². The second-order valence-corrected chi connectivity index (χ2v) is 4.03. The number of benzene rings is 2. The first kappa shape index (κ1) is 12.5. The third kappa shape index (κ3) is 2.84. The van der Waals surface area contributed by atoms with Crippen molar-refractivity contribution in [2.24, 2.45) is 0 Å². The number of rotatable bonds is 2. The van der Waals surface area contributed by atoms with Crippen molar-refractivity contribution in [3.63, 3.8) is 0 Å². The molecule has 5 heteroatoms. The van der Waals surface area contributed by atoms with Gasteiger partial charge in [-0.3, -0.25) is 4.79 Å². The molecule has 0 saturated carbocycles. The van der Waals surface area contributed by atoms with Crippen LogP contribution in [0, 0.1) is 11.6 Å². The minimum Gasteiger partial charge on any atom is -0.322 e. The maximum atomic E-state index is 13.0. The Balaban J connectivity index is 2.16. The van der Waals surface area contributed by atoms with Crippen molar-refractivity contribution in [1.82, 2.24) is 0 Å². The van der Waals surface area contributed by atoms with Crippen LogP contribution in [-0.2, 0) is 0 Å². The first-order valence-electron chi connectivity index (χ1n) is 5.08. The molecule has 0 atom stereocenters. The van der Waals surface area contributed by atoms with Crippen molar-refractivity contribution in [3.8, 4) is 0 Å². The fourth-order valence-electron chi connectivity index (χ4n) is 1.37. The first-order chi connectivity index (χ1) is 8.56. The van der Waals surface area contributed by atoms with Crippen LogP contribution in [0.4, 0.5) is 14.5 Å². The molecule has 0 radical (unpaired) electrons. The molecule has 0 aromatic heterocycles. The van der Waals surface area contributed by atoms with E-state index in [0.29, 0.717) is 10.7 Å². The van der Waals surface area contributed by atoms with Crippen LogP contribution in [0.1, 0.15) is 10.4 Å². The van der Waals surface area contributed by atoms with Crippen LogP contribution in [0.3, 0.4) is 0 Å². The summed E-state index contributed by atoms with van der Waals surface area (Å²) in [4.78, 5) is 11.7. The van der Waals surface area contributed by atoms with Gasteiger partial charge < -0.3 is 5.32 Å². The van der Waals surface area contributed by atoms with Gasteiger partial charge in [0.15, 0.2) is 11.6 Å². The fourth-order valence-corrected chi connectivity index (χ4v) is 1.50. The molecule has 0 heterocycles. The second kappa shape index (κ2) is 5.14. The SMILES string of the molecule is O=C(Nc1ccc(Cl)cc1)c1ccc(F)c(F)c1.